The van der Waals surface area contributed by atoms with Gasteiger partial charge in [0.2, 0.25) is 0 Å². The zero-order valence-corrected chi connectivity index (χ0v) is 7.38. The summed E-state index contributed by atoms with van der Waals surface area (Å²) in [4.78, 5) is 0. The number of unbranched alkanes of at least 4 members (excludes halogenated alkanes) is 2. The van der Waals surface area contributed by atoms with Gasteiger partial charge in [-0.1, -0.05) is 19.8 Å². The molecule has 2 atom stereocenters. The molecule has 11 heavy (non-hydrogen) atoms. The number of rotatable bonds is 6. The summed E-state index contributed by atoms with van der Waals surface area (Å²) >= 11 is 0. The Labute approximate surface area is 68.4 Å². The highest BCUT2D eigenvalue weighted by molar-refractivity contribution is 4.53. The molecule has 0 saturated heterocycles. The second-order valence-electron chi connectivity index (χ2n) is 2.85. The summed E-state index contributed by atoms with van der Waals surface area (Å²) in [5.41, 5.74) is 0. The van der Waals surface area contributed by atoms with E-state index in [-0.39, 0.29) is 0 Å². The predicted octanol–water partition coefficient (Wildman–Crippen LogP) is 0.813. The first-order chi connectivity index (χ1) is 5.16. The molecule has 3 nitrogen and oxygen atoms in total. The third kappa shape index (κ3) is 7.78. The zero-order chi connectivity index (χ0) is 8.69. The largest absolute Gasteiger partial charge is 0.379 e. The average molecular weight is 161 g/mol. The molecule has 3 N–H and O–H groups in total. The number of aliphatic hydroxyl groups excluding tert-OH is 2. The lowest BCUT2D eigenvalue weighted by Crippen LogP contribution is -2.35. The van der Waals surface area contributed by atoms with Crippen LogP contribution >= 0.6 is 0 Å². The number of aliphatic hydroxyl groups is 2. The molecule has 0 aromatic carbocycles. The highest BCUT2D eigenvalue weighted by Crippen LogP contribution is 2.01. The van der Waals surface area contributed by atoms with Gasteiger partial charge in [0.1, 0.15) is 12.5 Å². The Morgan fingerprint density at radius 2 is 1.91 bits per heavy atom. The van der Waals surface area contributed by atoms with Crippen LogP contribution in [-0.2, 0) is 0 Å². The van der Waals surface area contributed by atoms with E-state index in [1.54, 1.807) is 6.92 Å². The molecule has 68 valence electrons. The summed E-state index contributed by atoms with van der Waals surface area (Å²) in [5, 5.41) is 20.6. The van der Waals surface area contributed by atoms with Crippen molar-refractivity contribution in [2.45, 2.75) is 52.0 Å². The van der Waals surface area contributed by atoms with E-state index in [1.165, 1.54) is 0 Å². The van der Waals surface area contributed by atoms with Crippen LogP contribution in [0.3, 0.4) is 0 Å². The predicted molar refractivity (Wildman–Crippen MR) is 45.0 cm³/mol. The maximum Gasteiger partial charge on any atom is 0.106 e. The van der Waals surface area contributed by atoms with Crippen LogP contribution in [0.15, 0.2) is 0 Å². The van der Waals surface area contributed by atoms with E-state index in [1.807, 2.05) is 0 Å². The fourth-order valence-electron chi connectivity index (χ4n) is 0.949. The van der Waals surface area contributed by atoms with Crippen LogP contribution in [-0.4, -0.2) is 22.7 Å². The normalized spacial score (nSPS) is 16.4. The molecule has 0 aliphatic heterocycles. The van der Waals surface area contributed by atoms with E-state index in [0.29, 0.717) is 0 Å². The van der Waals surface area contributed by atoms with Crippen LogP contribution in [0.2, 0.25) is 0 Å². The molecule has 0 fully saturated rings. The van der Waals surface area contributed by atoms with Crippen molar-refractivity contribution in [1.82, 2.24) is 5.32 Å². The minimum Gasteiger partial charge on any atom is -0.379 e. The van der Waals surface area contributed by atoms with Gasteiger partial charge in [0.15, 0.2) is 0 Å². The molecule has 0 spiro atoms. The Hall–Kier alpha value is -0.120. The summed E-state index contributed by atoms with van der Waals surface area (Å²) in [6.07, 6.45) is 2.85. The molecule has 0 aromatic heterocycles. The quantitative estimate of drug-likeness (QED) is 0.399. The van der Waals surface area contributed by atoms with E-state index in [4.69, 9.17) is 5.11 Å². The maximum absolute atomic E-state index is 9.18. The van der Waals surface area contributed by atoms with Crippen molar-refractivity contribution >= 4 is 0 Å². The summed E-state index contributed by atoms with van der Waals surface area (Å²) < 4.78 is 0. The van der Waals surface area contributed by atoms with E-state index >= 15 is 0 Å². The maximum atomic E-state index is 9.18. The molecule has 2 unspecified atom stereocenters. The Morgan fingerprint density at radius 1 is 1.27 bits per heavy atom. The average Bonchev–Trinajstić information content (AvgIpc) is 1.86. The molecule has 0 bridgehead atoms. The van der Waals surface area contributed by atoms with Gasteiger partial charge < -0.3 is 10.2 Å². The van der Waals surface area contributed by atoms with E-state index in [0.717, 1.165) is 25.7 Å². The van der Waals surface area contributed by atoms with Crippen molar-refractivity contribution in [3.05, 3.63) is 0 Å². The monoisotopic (exact) mass is 161 g/mol. The second-order valence-corrected chi connectivity index (χ2v) is 2.85. The van der Waals surface area contributed by atoms with Crippen LogP contribution in [0.4, 0.5) is 0 Å². The van der Waals surface area contributed by atoms with Crippen molar-refractivity contribution in [1.29, 1.82) is 0 Å². The van der Waals surface area contributed by atoms with Crippen molar-refractivity contribution in [2.75, 3.05) is 0 Å². The van der Waals surface area contributed by atoms with E-state index < -0.39 is 12.5 Å². The van der Waals surface area contributed by atoms with E-state index in [2.05, 4.69) is 12.2 Å². The van der Waals surface area contributed by atoms with Crippen LogP contribution in [0.5, 0.6) is 0 Å². The standard InChI is InChI=1S/C8H19NO2/c1-3-4-5-6-8(11)9-7(2)10/h7-11H,3-6H2,1-2H3. The van der Waals surface area contributed by atoms with Gasteiger partial charge in [-0.25, -0.2) is 0 Å². The molecule has 0 rings (SSSR count). The molecular formula is C8H19NO2. The van der Waals surface area contributed by atoms with Gasteiger partial charge in [0, 0.05) is 0 Å². The topological polar surface area (TPSA) is 52.5 Å². The summed E-state index contributed by atoms with van der Waals surface area (Å²) in [5.74, 6) is 0. The first-order valence-corrected chi connectivity index (χ1v) is 4.29. The minimum atomic E-state index is -0.619. The molecule has 0 saturated carbocycles. The summed E-state index contributed by atoms with van der Waals surface area (Å²) in [6.45, 7) is 3.72. The zero-order valence-electron chi connectivity index (χ0n) is 7.38. The molecule has 0 radical (unpaired) electrons. The fraction of sp³-hybridized carbons (Fsp3) is 1.00. The Bertz CT molecular complexity index is 86.2. The Kier molecular flexibility index (Phi) is 6.51. The first-order valence-electron chi connectivity index (χ1n) is 4.29. The van der Waals surface area contributed by atoms with Crippen molar-refractivity contribution in [2.24, 2.45) is 0 Å². The highest BCUT2D eigenvalue weighted by atomic mass is 16.3. The van der Waals surface area contributed by atoms with Gasteiger partial charge in [-0.05, 0) is 19.8 Å². The molecule has 0 aliphatic rings. The van der Waals surface area contributed by atoms with Gasteiger partial charge in [-0.15, -0.1) is 0 Å². The van der Waals surface area contributed by atoms with Crippen LogP contribution in [0.1, 0.15) is 39.5 Å². The molecule has 0 amide bonds. The minimum absolute atomic E-state index is 0.554. The number of hydrogen-bond acceptors (Lipinski definition) is 3. The summed E-state index contributed by atoms with van der Waals surface area (Å²) in [6, 6.07) is 0. The third-order valence-corrected chi connectivity index (χ3v) is 1.51. The van der Waals surface area contributed by atoms with Crippen molar-refractivity contribution < 1.29 is 10.2 Å². The molecular weight excluding hydrogens is 142 g/mol. The van der Waals surface area contributed by atoms with Crippen LogP contribution in [0.25, 0.3) is 0 Å². The van der Waals surface area contributed by atoms with Crippen LogP contribution < -0.4 is 5.32 Å². The lowest BCUT2D eigenvalue weighted by Gasteiger charge is -2.14. The Morgan fingerprint density at radius 3 is 2.36 bits per heavy atom. The van der Waals surface area contributed by atoms with Crippen molar-refractivity contribution in [3.8, 4) is 0 Å². The van der Waals surface area contributed by atoms with Gasteiger partial charge in [0.25, 0.3) is 0 Å². The van der Waals surface area contributed by atoms with Gasteiger partial charge in [-0.3, -0.25) is 5.32 Å². The second kappa shape index (κ2) is 6.58. The Balaban J connectivity index is 3.15. The molecule has 0 aromatic rings. The van der Waals surface area contributed by atoms with Gasteiger partial charge >= 0.3 is 0 Å². The first kappa shape index (κ1) is 10.9. The summed E-state index contributed by atoms with van der Waals surface area (Å²) in [7, 11) is 0. The molecule has 0 heterocycles. The SMILES string of the molecule is CCCCCC(O)NC(C)O. The van der Waals surface area contributed by atoms with E-state index in [9.17, 15) is 5.11 Å². The number of nitrogens with one attached hydrogen (secondary N) is 1. The lowest BCUT2D eigenvalue weighted by atomic mass is 10.2. The van der Waals surface area contributed by atoms with Gasteiger partial charge in [-0.2, -0.15) is 0 Å². The molecule has 0 aliphatic carbocycles. The van der Waals surface area contributed by atoms with Crippen LogP contribution in [0, 0.1) is 0 Å². The van der Waals surface area contributed by atoms with Crippen molar-refractivity contribution in [3.63, 3.8) is 0 Å². The smallest absolute Gasteiger partial charge is 0.106 e. The third-order valence-electron chi connectivity index (χ3n) is 1.51. The number of hydrogen-bond donors (Lipinski definition) is 3. The molecule has 3 heteroatoms. The fourth-order valence-corrected chi connectivity index (χ4v) is 0.949. The highest BCUT2D eigenvalue weighted by Gasteiger charge is 2.04. The lowest BCUT2D eigenvalue weighted by molar-refractivity contribution is 0.0460. The van der Waals surface area contributed by atoms with Gasteiger partial charge in [0.05, 0.1) is 0 Å².